The number of methoxy groups -OCH3 is 1. The van der Waals surface area contributed by atoms with Gasteiger partial charge in [-0.05, 0) is 30.0 Å². The summed E-state index contributed by atoms with van der Waals surface area (Å²) < 4.78 is 4.68. The van der Waals surface area contributed by atoms with E-state index < -0.39 is 0 Å². The van der Waals surface area contributed by atoms with Gasteiger partial charge >= 0.3 is 5.97 Å². The minimum Gasteiger partial charge on any atom is -0.466 e. The molecule has 0 atom stereocenters. The van der Waals surface area contributed by atoms with E-state index in [9.17, 15) is 4.79 Å². The Kier molecular flexibility index (Phi) is 4.29. The van der Waals surface area contributed by atoms with Crippen molar-refractivity contribution in [3.63, 3.8) is 0 Å². The van der Waals surface area contributed by atoms with E-state index in [0.717, 1.165) is 5.56 Å². The third kappa shape index (κ3) is 2.96. The maximum Gasteiger partial charge on any atom is 0.333 e. The lowest BCUT2D eigenvalue weighted by atomic mass is 9.96. The van der Waals surface area contributed by atoms with Gasteiger partial charge in [0.15, 0.2) is 0 Å². The molecule has 0 fully saturated rings. The molecule has 16 heavy (non-hydrogen) atoms. The first-order valence-electron chi connectivity index (χ1n) is 5.41. The summed E-state index contributed by atoms with van der Waals surface area (Å²) in [5.41, 5.74) is 2.95. The highest BCUT2D eigenvalue weighted by Gasteiger charge is 2.07. The molecule has 1 rings (SSSR count). The Morgan fingerprint density at radius 2 is 1.94 bits per heavy atom. The largest absolute Gasteiger partial charge is 0.466 e. The van der Waals surface area contributed by atoms with Crippen LogP contribution < -0.4 is 0 Å². The lowest BCUT2D eigenvalue weighted by Gasteiger charge is -2.10. The molecule has 0 bridgehead atoms. The predicted octanol–water partition coefficient (Wildman–Crippen LogP) is 3.39. The van der Waals surface area contributed by atoms with Gasteiger partial charge < -0.3 is 4.74 Å². The molecular weight excluding hydrogens is 200 g/mol. The van der Waals surface area contributed by atoms with E-state index in [4.69, 9.17) is 0 Å². The van der Waals surface area contributed by atoms with Crippen LogP contribution in [0.5, 0.6) is 0 Å². The third-order valence-electron chi connectivity index (χ3n) is 2.50. The van der Waals surface area contributed by atoms with E-state index >= 15 is 0 Å². The monoisotopic (exact) mass is 218 g/mol. The molecular formula is C14H18O2. The van der Waals surface area contributed by atoms with Crippen LogP contribution >= 0.6 is 0 Å². The second kappa shape index (κ2) is 5.50. The topological polar surface area (TPSA) is 26.3 Å². The van der Waals surface area contributed by atoms with Crippen LogP contribution in [0.3, 0.4) is 0 Å². The number of rotatable bonds is 3. The van der Waals surface area contributed by atoms with Crippen molar-refractivity contribution in [2.24, 2.45) is 0 Å². The molecule has 0 N–H and O–H groups in total. The summed E-state index contributed by atoms with van der Waals surface area (Å²) in [6, 6.07) is 8.09. The number of carbonyl (C=O) groups is 1. The minimum absolute atomic E-state index is 0.279. The van der Waals surface area contributed by atoms with E-state index in [1.165, 1.54) is 12.7 Å². The molecule has 0 amide bonds. The van der Waals surface area contributed by atoms with Gasteiger partial charge in [-0.1, -0.05) is 38.1 Å². The third-order valence-corrected chi connectivity index (χ3v) is 2.50. The Labute approximate surface area is 96.9 Å². The molecule has 0 aliphatic heterocycles. The van der Waals surface area contributed by atoms with Gasteiger partial charge in [0.05, 0.1) is 7.11 Å². The fraction of sp³-hybridized carbons (Fsp3) is 0.357. The number of benzene rings is 1. The van der Waals surface area contributed by atoms with Crippen molar-refractivity contribution in [3.05, 3.63) is 41.0 Å². The molecule has 0 aliphatic carbocycles. The summed E-state index contributed by atoms with van der Waals surface area (Å²) in [4.78, 5) is 11.3. The predicted molar refractivity (Wildman–Crippen MR) is 66.2 cm³/mol. The highest BCUT2D eigenvalue weighted by molar-refractivity contribution is 5.93. The lowest BCUT2D eigenvalue weighted by Crippen LogP contribution is -2.01. The Morgan fingerprint density at radius 3 is 2.50 bits per heavy atom. The van der Waals surface area contributed by atoms with Gasteiger partial charge in [-0.3, -0.25) is 0 Å². The van der Waals surface area contributed by atoms with Crippen LogP contribution in [-0.2, 0) is 9.53 Å². The lowest BCUT2D eigenvalue weighted by molar-refractivity contribution is -0.135. The quantitative estimate of drug-likeness (QED) is 0.574. The van der Waals surface area contributed by atoms with Gasteiger partial charge in [0.2, 0.25) is 0 Å². The fourth-order valence-electron chi connectivity index (χ4n) is 1.62. The number of carbonyl (C=O) groups excluding carboxylic acids is 1. The van der Waals surface area contributed by atoms with Gasteiger partial charge in [-0.25, -0.2) is 4.79 Å². The Balaban J connectivity index is 3.09. The van der Waals surface area contributed by atoms with Crippen molar-refractivity contribution in [2.75, 3.05) is 7.11 Å². The van der Waals surface area contributed by atoms with E-state index in [1.807, 2.05) is 24.3 Å². The Bertz CT molecular complexity index is 403. The van der Waals surface area contributed by atoms with Gasteiger partial charge in [0.25, 0.3) is 0 Å². The Hall–Kier alpha value is -1.57. The van der Waals surface area contributed by atoms with Gasteiger partial charge in [0, 0.05) is 5.57 Å². The van der Waals surface area contributed by atoms with Crippen molar-refractivity contribution in [3.8, 4) is 0 Å². The van der Waals surface area contributed by atoms with Crippen LogP contribution in [0.25, 0.3) is 6.08 Å². The minimum atomic E-state index is -0.279. The molecule has 0 saturated heterocycles. The standard InChI is InChI=1S/C14H18O2/c1-10(2)13-8-6-5-7-12(13)9-11(3)14(15)16-4/h5-10H,1-4H3/b11-9+. The molecule has 0 aromatic heterocycles. The van der Waals surface area contributed by atoms with Crippen molar-refractivity contribution in [1.29, 1.82) is 0 Å². The average Bonchev–Trinajstić information content (AvgIpc) is 2.28. The van der Waals surface area contributed by atoms with Crippen LogP contribution in [0.15, 0.2) is 29.8 Å². The number of ether oxygens (including phenoxy) is 1. The van der Waals surface area contributed by atoms with Crippen LogP contribution in [0.4, 0.5) is 0 Å². The summed E-state index contributed by atoms with van der Waals surface area (Å²) >= 11 is 0. The second-order valence-corrected chi connectivity index (χ2v) is 4.10. The van der Waals surface area contributed by atoms with Crippen LogP contribution in [-0.4, -0.2) is 13.1 Å². The average molecular weight is 218 g/mol. The SMILES string of the molecule is COC(=O)/C(C)=C/c1ccccc1C(C)C. The van der Waals surface area contributed by atoms with Gasteiger partial charge in [0.1, 0.15) is 0 Å². The molecule has 1 aromatic carbocycles. The summed E-state index contributed by atoms with van der Waals surface area (Å²) in [7, 11) is 1.40. The van der Waals surface area contributed by atoms with Gasteiger partial charge in [-0.15, -0.1) is 0 Å². The first-order chi connectivity index (χ1) is 7.56. The highest BCUT2D eigenvalue weighted by atomic mass is 16.5. The zero-order valence-corrected chi connectivity index (χ0v) is 10.3. The molecule has 0 unspecified atom stereocenters. The van der Waals surface area contributed by atoms with Crippen LogP contribution in [0.2, 0.25) is 0 Å². The Morgan fingerprint density at radius 1 is 1.31 bits per heavy atom. The molecule has 0 heterocycles. The molecule has 2 heteroatoms. The van der Waals surface area contributed by atoms with Crippen molar-refractivity contribution < 1.29 is 9.53 Å². The fourth-order valence-corrected chi connectivity index (χ4v) is 1.62. The molecule has 0 saturated carbocycles. The smallest absolute Gasteiger partial charge is 0.333 e. The van der Waals surface area contributed by atoms with E-state index in [0.29, 0.717) is 11.5 Å². The molecule has 0 radical (unpaired) electrons. The maximum atomic E-state index is 11.3. The maximum absolute atomic E-state index is 11.3. The highest BCUT2D eigenvalue weighted by Crippen LogP contribution is 2.21. The molecule has 0 spiro atoms. The first kappa shape index (κ1) is 12.5. The summed E-state index contributed by atoms with van der Waals surface area (Å²) in [5.74, 6) is 0.163. The van der Waals surface area contributed by atoms with Crippen molar-refractivity contribution in [2.45, 2.75) is 26.7 Å². The zero-order chi connectivity index (χ0) is 12.1. The first-order valence-corrected chi connectivity index (χ1v) is 5.41. The molecule has 86 valence electrons. The normalized spacial score (nSPS) is 11.7. The summed E-state index contributed by atoms with van der Waals surface area (Å²) in [6.45, 7) is 6.04. The molecule has 2 nitrogen and oxygen atoms in total. The number of esters is 1. The summed E-state index contributed by atoms with van der Waals surface area (Å²) in [6.07, 6.45) is 1.88. The van der Waals surface area contributed by atoms with E-state index in [1.54, 1.807) is 6.92 Å². The van der Waals surface area contributed by atoms with Gasteiger partial charge in [-0.2, -0.15) is 0 Å². The molecule has 0 aliphatic rings. The number of hydrogen-bond donors (Lipinski definition) is 0. The van der Waals surface area contributed by atoms with Crippen molar-refractivity contribution in [1.82, 2.24) is 0 Å². The molecule has 1 aromatic rings. The van der Waals surface area contributed by atoms with Crippen LogP contribution in [0.1, 0.15) is 37.8 Å². The second-order valence-electron chi connectivity index (χ2n) is 4.10. The zero-order valence-electron chi connectivity index (χ0n) is 10.3. The number of hydrogen-bond acceptors (Lipinski definition) is 2. The summed E-state index contributed by atoms with van der Waals surface area (Å²) in [5, 5.41) is 0. The van der Waals surface area contributed by atoms with Crippen molar-refractivity contribution >= 4 is 12.0 Å². The van der Waals surface area contributed by atoms with E-state index in [-0.39, 0.29) is 5.97 Å². The van der Waals surface area contributed by atoms with Crippen LogP contribution in [0, 0.1) is 0 Å². The van der Waals surface area contributed by atoms with E-state index in [2.05, 4.69) is 24.7 Å².